The summed E-state index contributed by atoms with van der Waals surface area (Å²) in [7, 11) is 0. The number of fused-ring (bicyclic) bond motifs is 1. The SMILES string of the molecule is CC(C)Cc1csc2c(=O)cc[nH]c12. The topological polar surface area (TPSA) is 32.9 Å². The number of H-pyrrole nitrogens is 1. The molecule has 0 atom stereocenters. The first-order valence-electron chi connectivity index (χ1n) is 4.76. The highest BCUT2D eigenvalue weighted by Gasteiger charge is 2.07. The predicted octanol–water partition coefficient (Wildman–Crippen LogP) is 2.79. The van der Waals surface area contributed by atoms with Crippen molar-refractivity contribution in [1.82, 2.24) is 4.98 Å². The van der Waals surface area contributed by atoms with E-state index in [1.54, 1.807) is 12.3 Å². The molecule has 0 fully saturated rings. The first-order chi connectivity index (χ1) is 6.68. The molecule has 2 nitrogen and oxygen atoms in total. The zero-order valence-electron chi connectivity index (χ0n) is 8.33. The van der Waals surface area contributed by atoms with Gasteiger partial charge in [0, 0.05) is 12.3 Å². The number of hydrogen-bond donors (Lipinski definition) is 1. The van der Waals surface area contributed by atoms with Gasteiger partial charge < -0.3 is 4.98 Å². The van der Waals surface area contributed by atoms with Gasteiger partial charge in [-0.05, 0) is 23.3 Å². The highest BCUT2D eigenvalue weighted by molar-refractivity contribution is 7.17. The Kier molecular flexibility index (Phi) is 2.42. The molecule has 2 rings (SSSR count). The van der Waals surface area contributed by atoms with Crippen molar-refractivity contribution in [2.24, 2.45) is 5.92 Å². The van der Waals surface area contributed by atoms with Crippen LogP contribution >= 0.6 is 11.3 Å². The van der Waals surface area contributed by atoms with Gasteiger partial charge in [-0.25, -0.2) is 0 Å². The highest BCUT2D eigenvalue weighted by atomic mass is 32.1. The molecule has 0 unspecified atom stereocenters. The standard InChI is InChI=1S/C11H13NOS/c1-7(2)5-8-6-14-11-9(13)3-4-12-10(8)11/h3-4,6-7H,5H2,1-2H3,(H,12,13). The van der Waals surface area contributed by atoms with Crippen LogP contribution in [0.5, 0.6) is 0 Å². The Balaban J connectivity index is 2.58. The van der Waals surface area contributed by atoms with Gasteiger partial charge in [0.2, 0.25) is 0 Å². The van der Waals surface area contributed by atoms with Crippen LogP contribution in [-0.2, 0) is 6.42 Å². The molecule has 0 aliphatic carbocycles. The maximum Gasteiger partial charge on any atom is 0.199 e. The van der Waals surface area contributed by atoms with Crippen molar-refractivity contribution in [2.45, 2.75) is 20.3 Å². The van der Waals surface area contributed by atoms with Gasteiger partial charge >= 0.3 is 0 Å². The van der Waals surface area contributed by atoms with Crippen LogP contribution in [0.15, 0.2) is 22.4 Å². The van der Waals surface area contributed by atoms with Crippen LogP contribution in [0.2, 0.25) is 0 Å². The van der Waals surface area contributed by atoms with E-state index in [4.69, 9.17) is 0 Å². The van der Waals surface area contributed by atoms with Crippen LogP contribution in [0.25, 0.3) is 10.2 Å². The maximum atomic E-state index is 11.5. The number of aromatic nitrogens is 1. The summed E-state index contributed by atoms with van der Waals surface area (Å²) >= 11 is 1.54. The van der Waals surface area contributed by atoms with Crippen molar-refractivity contribution < 1.29 is 0 Å². The lowest BCUT2D eigenvalue weighted by atomic mass is 10.1. The normalized spacial score (nSPS) is 11.4. The van der Waals surface area contributed by atoms with Crippen molar-refractivity contribution in [2.75, 3.05) is 0 Å². The van der Waals surface area contributed by atoms with E-state index in [9.17, 15) is 4.79 Å². The molecule has 0 aromatic carbocycles. The van der Waals surface area contributed by atoms with Gasteiger partial charge in [0.1, 0.15) is 0 Å². The van der Waals surface area contributed by atoms with Crippen molar-refractivity contribution >= 4 is 21.6 Å². The molecule has 3 heteroatoms. The van der Waals surface area contributed by atoms with Gasteiger partial charge in [0.05, 0.1) is 10.2 Å². The van der Waals surface area contributed by atoms with Crippen molar-refractivity contribution in [1.29, 1.82) is 0 Å². The minimum Gasteiger partial charge on any atom is -0.360 e. The fourth-order valence-corrected chi connectivity index (χ4v) is 2.57. The summed E-state index contributed by atoms with van der Waals surface area (Å²) in [5, 5.41) is 2.09. The zero-order chi connectivity index (χ0) is 10.1. The largest absolute Gasteiger partial charge is 0.360 e. The van der Waals surface area contributed by atoms with E-state index in [1.807, 2.05) is 0 Å². The molecule has 0 amide bonds. The molecule has 0 aliphatic rings. The summed E-state index contributed by atoms with van der Waals surface area (Å²) < 4.78 is 0.850. The van der Waals surface area contributed by atoms with E-state index in [1.165, 1.54) is 16.9 Å². The molecule has 0 saturated heterocycles. The van der Waals surface area contributed by atoms with E-state index in [-0.39, 0.29) is 5.43 Å². The Morgan fingerprint density at radius 3 is 3.00 bits per heavy atom. The average molecular weight is 207 g/mol. The molecule has 2 heterocycles. The Labute approximate surface area is 86.6 Å². The number of nitrogens with one attached hydrogen (secondary N) is 1. The molecule has 2 aromatic rings. The van der Waals surface area contributed by atoms with E-state index >= 15 is 0 Å². The Morgan fingerprint density at radius 1 is 1.50 bits per heavy atom. The molecule has 1 N–H and O–H groups in total. The summed E-state index contributed by atoms with van der Waals surface area (Å²) in [6.07, 6.45) is 2.75. The Hall–Kier alpha value is -1.09. The zero-order valence-corrected chi connectivity index (χ0v) is 9.15. The van der Waals surface area contributed by atoms with Crippen LogP contribution in [0.4, 0.5) is 0 Å². The van der Waals surface area contributed by atoms with Gasteiger partial charge in [-0.3, -0.25) is 4.79 Å². The highest BCUT2D eigenvalue weighted by Crippen LogP contribution is 2.22. The Morgan fingerprint density at radius 2 is 2.29 bits per heavy atom. The fraction of sp³-hybridized carbons (Fsp3) is 0.364. The van der Waals surface area contributed by atoms with Gasteiger partial charge in [-0.15, -0.1) is 11.3 Å². The third-order valence-electron chi connectivity index (χ3n) is 2.18. The van der Waals surface area contributed by atoms with E-state index in [0.717, 1.165) is 16.6 Å². The second-order valence-electron chi connectivity index (χ2n) is 3.90. The molecular formula is C11H13NOS. The minimum atomic E-state index is 0.124. The van der Waals surface area contributed by atoms with Crippen LogP contribution < -0.4 is 5.43 Å². The molecule has 0 saturated carbocycles. The van der Waals surface area contributed by atoms with Crippen LogP contribution in [0.1, 0.15) is 19.4 Å². The third kappa shape index (κ3) is 1.60. The third-order valence-corrected chi connectivity index (χ3v) is 3.22. The monoisotopic (exact) mass is 207 g/mol. The quantitative estimate of drug-likeness (QED) is 0.807. The smallest absolute Gasteiger partial charge is 0.199 e. The summed E-state index contributed by atoms with van der Waals surface area (Å²) in [6.45, 7) is 4.37. The van der Waals surface area contributed by atoms with Gasteiger partial charge in [-0.2, -0.15) is 0 Å². The lowest BCUT2D eigenvalue weighted by Gasteiger charge is -2.02. The van der Waals surface area contributed by atoms with E-state index in [0.29, 0.717) is 5.92 Å². The number of aromatic amines is 1. The van der Waals surface area contributed by atoms with E-state index in [2.05, 4.69) is 24.2 Å². The lowest BCUT2D eigenvalue weighted by molar-refractivity contribution is 0.650. The van der Waals surface area contributed by atoms with Crippen molar-refractivity contribution in [3.63, 3.8) is 0 Å². The van der Waals surface area contributed by atoms with Crippen LogP contribution in [0.3, 0.4) is 0 Å². The number of rotatable bonds is 2. The second kappa shape index (κ2) is 3.58. The Bertz CT molecular complexity index is 495. The molecule has 2 aromatic heterocycles. The first-order valence-corrected chi connectivity index (χ1v) is 5.64. The molecule has 74 valence electrons. The number of hydrogen-bond acceptors (Lipinski definition) is 2. The number of thiophene rings is 1. The number of pyridine rings is 1. The fourth-order valence-electron chi connectivity index (χ4n) is 1.60. The van der Waals surface area contributed by atoms with Crippen LogP contribution in [-0.4, -0.2) is 4.98 Å². The predicted molar refractivity (Wildman–Crippen MR) is 61.0 cm³/mol. The van der Waals surface area contributed by atoms with Gasteiger partial charge in [0.15, 0.2) is 5.43 Å². The first kappa shape index (κ1) is 9.46. The molecule has 0 spiro atoms. The summed E-state index contributed by atoms with van der Waals surface area (Å²) in [5.74, 6) is 0.622. The molecule has 0 aliphatic heterocycles. The molecule has 14 heavy (non-hydrogen) atoms. The van der Waals surface area contributed by atoms with Gasteiger partial charge in [-0.1, -0.05) is 13.8 Å². The second-order valence-corrected chi connectivity index (χ2v) is 4.78. The summed E-state index contributed by atoms with van der Waals surface area (Å²) in [4.78, 5) is 14.6. The summed E-state index contributed by atoms with van der Waals surface area (Å²) in [5.41, 5.74) is 2.41. The van der Waals surface area contributed by atoms with E-state index < -0.39 is 0 Å². The van der Waals surface area contributed by atoms with Crippen molar-refractivity contribution in [3.8, 4) is 0 Å². The van der Waals surface area contributed by atoms with Crippen LogP contribution in [0, 0.1) is 5.92 Å². The average Bonchev–Trinajstić information content (AvgIpc) is 2.49. The lowest BCUT2D eigenvalue weighted by Crippen LogP contribution is -1.99. The van der Waals surface area contributed by atoms with Gasteiger partial charge in [0.25, 0.3) is 0 Å². The van der Waals surface area contributed by atoms with Crippen molar-refractivity contribution in [3.05, 3.63) is 33.4 Å². The molecule has 0 bridgehead atoms. The summed E-state index contributed by atoms with van der Waals surface area (Å²) in [6, 6.07) is 1.58. The minimum absolute atomic E-state index is 0.124. The molecule has 0 radical (unpaired) electrons. The molecular weight excluding hydrogens is 194 g/mol. The maximum absolute atomic E-state index is 11.5.